The van der Waals surface area contributed by atoms with E-state index in [9.17, 15) is 9.59 Å². The van der Waals surface area contributed by atoms with Gasteiger partial charge in [0.25, 0.3) is 5.91 Å². The van der Waals surface area contributed by atoms with Crippen LogP contribution in [0.4, 0.5) is 0 Å². The summed E-state index contributed by atoms with van der Waals surface area (Å²) in [6.45, 7) is 2.58. The summed E-state index contributed by atoms with van der Waals surface area (Å²) >= 11 is 6.00. The number of amides is 2. The Morgan fingerprint density at radius 1 is 1.35 bits per heavy atom. The fraction of sp³-hybridized carbons (Fsp3) is 0.412. The molecular weight excluding hydrogens is 316 g/mol. The van der Waals surface area contributed by atoms with Gasteiger partial charge in [0.05, 0.1) is 11.5 Å². The Morgan fingerprint density at radius 2 is 2.13 bits per heavy atom. The lowest BCUT2D eigenvalue weighted by molar-refractivity contribution is -0.134. The first-order valence-corrected chi connectivity index (χ1v) is 8.06. The molecule has 122 valence electrons. The Hall–Kier alpha value is -2.01. The summed E-state index contributed by atoms with van der Waals surface area (Å²) in [7, 11) is 0. The largest absolute Gasteiger partial charge is 0.488 e. The number of hydrogen-bond acceptors (Lipinski definition) is 3. The van der Waals surface area contributed by atoms with Crippen LogP contribution in [0.15, 0.2) is 23.8 Å². The van der Waals surface area contributed by atoms with Crippen molar-refractivity contribution in [1.82, 2.24) is 4.90 Å². The van der Waals surface area contributed by atoms with Gasteiger partial charge in [-0.3, -0.25) is 9.59 Å². The van der Waals surface area contributed by atoms with Gasteiger partial charge in [0.15, 0.2) is 0 Å². The summed E-state index contributed by atoms with van der Waals surface area (Å²) in [5, 5.41) is 0.595. The maximum atomic E-state index is 12.8. The molecule has 1 aromatic carbocycles. The maximum absolute atomic E-state index is 12.8. The molecule has 23 heavy (non-hydrogen) atoms. The Morgan fingerprint density at radius 3 is 2.87 bits per heavy atom. The first-order chi connectivity index (χ1) is 11.0. The first kappa shape index (κ1) is 15.9. The number of nitrogens with zero attached hydrogens (tertiary/aromatic N) is 1. The van der Waals surface area contributed by atoms with Crippen LogP contribution >= 0.6 is 11.6 Å². The summed E-state index contributed by atoms with van der Waals surface area (Å²) in [5.41, 5.74) is 6.76. The zero-order valence-corrected chi connectivity index (χ0v) is 13.7. The summed E-state index contributed by atoms with van der Waals surface area (Å²) in [6.07, 6.45) is 3.32. The number of carbonyl (C=O) groups excluding carboxylic acids is 2. The van der Waals surface area contributed by atoms with Gasteiger partial charge in [-0.1, -0.05) is 11.6 Å². The molecule has 2 aliphatic rings. The van der Waals surface area contributed by atoms with E-state index in [4.69, 9.17) is 22.1 Å². The van der Waals surface area contributed by atoms with E-state index < -0.39 is 0 Å². The third kappa shape index (κ3) is 3.20. The molecule has 5 nitrogen and oxygen atoms in total. The number of primary amides is 1. The molecule has 0 bridgehead atoms. The molecule has 6 heteroatoms. The van der Waals surface area contributed by atoms with E-state index in [0.717, 1.165) is 18.4 Å². The number of carbonyl (C=O) groups is 2. The zero-order chi connectivity index (χ0) is 16.6. The van der Waals surface area contributed by atoms with Gasteiger partial charge in [0, 0.05) is 23.2 Å². The number of benzene rings is 1. The van der Waals surface area contributed by atoms with E-state index in [-0.39, 0.29) is 30.4 Å². The van der Waals surface area contributed by atoms with Crippen molar-refractivity contribution in [1.29, 1.82) is 0 Å². The van der Waals surface area contributed by atoms with Crippen molar-refractivity contribution in [2.24, 2.45) is 11.7 Å². The lowest BCUT2D eigenvalue weighted by Crippen LogP contribution is -2.49. The van der Waals surface area contributed by atoms with Crippen molar-refractivity contribution in [3.63, 3.8) is 0 Å². The number of rotatable bonds is 2. The second kappa shape index (κ2) is 6.24. The highest BCUT2D eigenvalue weighted by Gasteiger charge is 2.33. The van der Waals surface area contributed by atoms with Crippen LogP contribution in [-0.4, -0.2) is 35.9 Å². The lowest BCUT2D eigenvalue weighted by Gasteiger charge is -2.37. The Bertz CT molecular complexity index is 686. The second-order valence-electron chi connectivity index (χ2n) is 6.12. The highest BCUT2D eigenvalue weighted by molar-refractivity contribution is 6.30. The van der Waals surface area contributed by atoms with Crippen molar-refractivity contribution in [2.45, 2.75) is 25.8 Å². The van der Waals surface area contributed by atoms with Crippen molar-refractivity contribution in [3.8, 4) is 5.75 Å². The van der Waals surface area contributed by atoms with Gasteiger partial charge in [0.1, 0.15) is 12.4 Å². The second-order valence-corrected chi connectivity index (χ2v) is 6.56. The van der Waals surface area contributed by atoms with E-state index in [1.807, 2.05) is 13.0 Å². The van der Waals surface area contributed by atoms with Crippen LogP contribution in [0.1, 0.15) is 25.3 Å². The molecule has 0 aromatic heterocycles. The lowest BCUT2D eigenvalue weighted by atomic mass is 9.92. The van der Waals surface area contributed by atoms with Gasteiger partial charge >= 0.3 is 0 Å². The number of piperidine rings is 1. The molecular formula is C17H19ClN2O3. The maximum Gasteiger partial charge on any atom is 0.253 e. The van der Waals surface area contributed by atoms with Crippen LogP contribution in [0.25, 0.3) is 6.08 Å². The quantitative estimate of drug-likeness (QED) is 0.901. The summed E-state index contributed by atoms with van der Waals surface area (Å²) in [4.78, 5) is 26.0. The normalized spacial score (nSPS) is 23.6. The van der Waals surface area contributed by atoms with Crippen molar-refractivity contribution in [2.75, 3.05) is 13.2 Å². The molecule has 3 rings (SSSR count). The van der Waals surface area contributed by atoms with E-state index in [1.165, 1.54) is 0 Å². The molecule has 1 aromatic rings. The Labute approximate surface area is 140 Å². The van der Waals surface area contributed by atoms with Crippen LogP contribution in [0.2, 0.25) is 5.02 Å². The molecule has 0 unspecified atom stereocenters. The van der Waals surface area contributed by atoms with Crippen LogP contribution < -0.4 is 10.5 Å². The predicted octanol–water partition coefficient (Wildman–Crippen LogP) is 2.23. The van der Waals surface area contributed by atoms with Gasteiger partial charge < -0.3 is 15.4 Å². The van der Waals surface area contributed by atoms with E-state index in [1.54, 1.807) is 23.1 Å². The summed E-state index contributed by atoms with van der Waals surface area (Å²) in [6, 6.07) is 5.40. The number of likely N-dealkylation sites (tertiary alicyclic amines) is 1. The van der Waals surface area contributed by atoms with E-state index in [2.05, 4.69) is 0 Å². The molecule has 0 saturated carbocycles. The zero-order valence-electron chi connectivity index (χ0n) is 12.9. The van der Waals surface area contributed by atoms with Crippen LogP contribution in [-0.2, 0) is 9.59 Å². The van der Waals surface area contributed by atoms with Crippen molar-refractivity contribution < 1.29 is 14.3 Å². The van der Waals surface area contributed by atoms with Gasteiger partial charge in [-0.25, -0.2) is 0 Å². The molecule has 1 saturated heterocycles. The summed E-state index contributed by atoms with van der Waals surface area (Å²) < 4.78 is 5.65. The Kier molecular flexibility index (Phi) is 4.31. The Balaban J connectivity index is 1.83. The topological polar surface area (TPSA) is 72.6 Å². The van der Waals surface area contributed by atoms with Gasteiger partial charge in [0.2, 0.25) is 5.91 Å². The molecule has 1 fully saturated rings. The molecule has 0 radical (unpaired) electrons. The monoisotopic (exact) mass is 334 g/mol. The molecule has 2 aliphatic heterocycles. The summed E-state index contributed by atoms with van der Waals surface area (Å²) in [5.74, 6) is -0.00979. The molecule has 2 amide bonds. The number of fused-ring (bicyclic) bond motifs is 1. The molecule has 2 heterocycles. The minimum Gasteiger partial charge on any atom is -0.488 e. The molecule has 0 spiro atoms. The first-order valence-electron chi connectivity index (χ1n) is 7.69. The highest BCUT2D eigenvalue weighted by atomic mass is 35.5. The van der Waals surface area contributed by atoms with Crippen LogP contribution in [0, 0.1) is 5.92 Å². The minimum atomic E-state index is -0.347. The smallest absolute Gasteiger partial charge is 0.253 e. The van der Waals surface area contributed by atoms with Gasteiger partial charge in [-0.15, -0.1) is 0 Å². The number of hydrogen-bond donors (Lipinski definition) is 1. The predicted molar refractivity (Wildman–Crippen MR) is 88.0 cm³/mol. The molecule has 2 atom stereocenters. The van der Waals surface area contributed by atoms with Crippen LogP contribution in [0.3, 0.4) is 0 Å². The number of halogens is 1. The standard InChI is InChI=1S/C17H19ClN2O3/c1-10-2-3-11(16(19)21)8-20(10)17(22)13-6-12-7-14(18)4-5-15(12)23-9-13/h4-7,10-11H,2-3,8-9H2,1H3,(H2,19,21)/t10-,11+/m1/s1. The third-order valence-electron chi connectivity index (χ3n) is 4.50. The third-order valence-corrected chi connectivity index (χ3v) is 4.74. The van der Waals surface area contributed by atoms with Gasteiger partial charge in [-0.05, 0) is 44.0 Å². The average molecular weight is 335 g/mol. The van der Waals surface area contributed by atoms with E-state index in [0.29, 0.717) is 22.9 Å². The minimum absolute atomic E-state index is 0.0831. The number of ether oxygens (including phenoxy) is 1. The van der Waals surface area contributed by atoms with E-state index >= 15 is 0 Å². The molecule has 0 aliphatic carbocycles. The van der Waals surface area contributed by atoms with Crippen molar-refractivity contribution >= 4 is 29.5 Å². The number of nitrogens with two attached hydrogens (primary N) is 1. The van der Waals surface area contributed by atoms with Crippen LogP contribution in [0.5, 0.6) is 5.75 Å². The van der Waals surface area contributed by atoms with Crippen molar-refractivity contribution in [3.05, 3.63) is 34.4 Å². The molecule has 2 N–H and O–H groups in total. The fourth-order valence-corrected chi connectivity index (χ4v) is 3.26. The van der Waals surface area contributed by atoms with Gasteiger partial charge in [-0.2, -0.15) is 0 Å². The SMILES string of the molecule is C[C@@H]1CC[C@H](C(N)=O)CN1C(=O)C1=Cc2cc(Cl)ccc2OC1. The fourth-order valence-electron chi connectivity index (χ4n) is 3.08. The average Bonchev–Trinajstić information content (AvgIpc) is 2.53. The highest BCUT2D eigenvalue weighted by Crippen LogP contribution is 2.31.